The minimum Gasteiger partial charge on any atom is -0.339 e. The van der Waals surface area contributed by atoms with E-state index in [-0.39, 0.29) is 101 Å². The molecule has 4 aromatic rings. The van der Waals surface area contributed by atoms with Crippen molar-refractivity contribution in [3.05, 3.63) is 167 Å². The van der Waals surface area contributed by atoms with E-state index in [9.17, 15) is 33.2 Å². The van der Waals surface area contributed by atoms with Crippen LogP contribution >= 0.6 is 11.8 Å². The number of rotatable bonds is 23. The lowest BCUT2D eigenvalue weighted by molar-refractivity contribution is -0.141. The summed E-state index contributed by atoms with van der Waals surface area (Å²) in [6.45, 7) is 15.2. The highest BCUT2D eigenvalue weighted by Crippen LogP contribution is 2.52. The third kappa shape index (κ3) is 16.6. The molecule has 84 heavy (non-hydrogen) atoms. The van der Waals surface area contributed by atoms with Gasteiger partial charge >= 0.3 is 0 Å². The second-order valence-electron chi connectivity index (χ2n) is 26.4. The third-order valence-corrected chi connectivity index (χ3v) is 19.2. The number of halogens is 2. The van der Waals surface area contributed by atoms with Gasteiger partial charge < -0.3 is 15.5 Å². The average molecular weight is 1170 g/mol. The highest BCUT2D eigenvalue weighted by atomic mass is 32.2. The zero-order valence-corrected chi connectivity index (χ0v) is 51.1. The molecule has 11 nitrogen and oxygen atoms in total. The number of thioether (sulfide) groups is 1. The summed E-state index contributed by atoms with van der Waals surface area (Å²) < 4.78 is 29.3. The smallest absolute Gasteiger partial charge is 0.254 e. The summed E-state index contributed by atoms with van der Waals surface area (Å²) in [6.07, 6.45) is 16.5. The molecule has 9 rings (SSSR count). The largest absolute Gasteiger partial charge is 0.339 e. The van der Waals surface area contributed by atoms with Crippen molar-refractivity contribution < 1.29 is 37.5 Å². The van der Waals surface area contributed by atoms with E-state index >= 15 is 4.39 Å². The maximum absolute atomic E-state index is 15.0. The maximum Gasteiger partial charge on any atom is 0.254 e. The Kier molecular flexibility index (Phi) is 22.2. The van der Waals surface area contributed by atoms with Crippen LogP contribution in [0.1, 0.15) is 146 Å². The number of nitrogens with zero attached hydrogens (tertiary/aromatic N) is 4. The predicted molar refractivity (Wildman–Crippen MR) is 330 cm³/mol. The van der Waals surface area contributed by atoms with Crippen molar-refractivity contribution in [1.29, 1.82) is 0 Å². The number of carbonyl (C=O) groups is 6. The van der Waals surface area contributed by atoms with E-state index < -0.39 is 11.6 Å². The average Bonchev–Trinajstić information content (AvgIpc) is 2.03. The molecule has 14 heteroatoms. The van der Waals surface area contributed by atoms with Crippen LogP contribution in [0.4, 0.5) is 8.78 Å². The second-order valence-corrected chi connectivity index (χ2v) is 27.3. The van der Waals surface area contributed by atoms with E-state index in [0.717, 1.165) is 43.2 Å². The third-order valence-electron chi connectivity index (χ3n) is 18.3. The van der Waals surface area contributed by atoms with Crippen molar-refractivity contribution in [1.82, 2.24) is 19.6 Å². The zero-order chi connectivity index (χ0) is 60.1. The molecule has 0 saturated heterocycles. The Labute approximate surface area is 502 Å². The van der Waals surface area contributed by atoms with Gasteiger partial charge in [-0.3, -0.25) is 38.6 Å². The number of hydrogen-bond acceptors (Lipinski definition) is 8. The molecule has 0 spiro atoms. The highest BCUT2D eigenvalue weighted by Gasteiger charge is 2.49. The Morgan fingerprint density at radius 2 is 1.12 bits per heavy atom. The molecular weight excluding hydrogens is 1080 g/mol. The van der Waals surface area contributed by atoms with Crippen molar-refractivity contribution in [2.45, 2.75) is 149 Å². The van der Waals surface area contributed by atoms with Crippen molar-refractivity contribution in [2.24, 2.45) is 46.2 Å². The Hall–Kier alpha value is -6.25. The van der Waals surface area contributed by atoms with Crippen LogP contribution in [0.5, 0.6) is 0 Å². The van der Waals surface area contributed by atoms with Crippen molar-refractivity contribution in [3.63, 3.8) is 0 Å². The van der Waals surface area contributed by atoms with E-state index in [2.05, 4.69) is 119 Å². The molecule has 3 aliphatic carbocycles. The fraction of sp³-hybridized carbons (Fsp3) is 0.514. The monoisotopic (exact) mass is 1170 g/mol. The first-order valence-corrected chi connectivity index (χ1v) is 31.9. The molecule has 8 atom stereocenters. The lowest BCUT2D eigenvalue weighted by Gasteiger charge is -2.47. The van der Waals surface area contributed by atoms with Crippen molar-refractivity contribution in [3.8, 4) is 0 Å². The molecule has 2 N–H and O–H groups in total. The van der Waals surface area contributed by atoms with Crippen LogP contribution in [0.15, 0.2) is 133 Å². The quantitative estimate of drug-likeness (QED) is 0.0724. The Morgan fingerprint density at radius 3 is 1.65 bits per heavy atom. The molecule has 0 aromatic heterocycles. The van der Waals surface area contributed by atoms with Gasteiger partial charge in [0.25, 0.3) is 23.6 Å². The van der Waals surface area contributed by atoms with E-state index in [1.165, 1.54) is 95.5 Å². The second kappa shape index (κ2) is 29.2. The van der Waals surface area contributed by atoms with E-state index in [4.69, 9.17) is 5.73 Å². The summed E-state index contributed by atoms with van der Waals surface area (Å²) >= 11 is 1.38. The molecule has 2 heterocycles. The lowest BCUT2D eigenvalue weighted by Crippen LogP contribution is -2.54. The highest BCUT2D eigenvalue weighted by molar-refractivity contribution is 7.99. The summed E-state index contributed by atoms with van der Waals surface area (Å²) in [4.78, 5) is 82.9. The summed E-state index contributed by atoms with van der Waals surface area (Å²) in [5.41, 5.74) is 9.84. The van der Waals surface area contributed by atoms with Crippen molar-refractivity contribution in [2.75, 3.05) is 37.8 Å². The molecule has 6 amide bonds. The minimum atomic E-state index is -0.452. The molecule has 0 bridgehead atoms. The number of hydrogen-bond donors (Lipinski definition) is 1. The van der Waals surface area contributed by atoms with Gasteiger partial charge in [0, 0.05) is 62.4 Å². The molecule has 3 saturated carbocycles. The molecular formula is C70H89F2N5O6S. The fourth-order valence-corrected chi connectivity index (χ4v) is 15.6. The molecule has 5 aliphatic rings. The number of carbonyl (C=O) groups excluding carboxylic acids is 6. The molecule has 4 aromatic carbocycles. The van der Waals surface area contributed by atoms with Crippen LogP contribution in [-0.4, -0.2) is 105 Å². The fourth-order valence-electron chi connectivity index (χ4n) is 14.7. The standard InChI is InChI=1S/C36H46N2O3S.C34H43F2N3O3/c1-36(2,3)35(31-22-29(28-16-8-5-9-17-28)21-30(31)20-26-12-6-4-7-13-26)37(23-27-14-10-11-15-27)34(41)24-42-25-38-32(39)18-19-33(38)40;1-34(2,3)33(39(18-8-16-37)30(40)11-7-17-38-31(41)14-15-32(38)42)28-21-25(27-22-26(35)12-13-29(27)36)20-24(28)19-23-9-5-4-6-10-23/h4-9,12-13,16-19,27,29-31,35H,10-11,14-15,20-25H2,1-3H3;4-6,9-10,12-15,22,24-25,28,33H,7-8,11,16-21,37H2,1-3H3/t29?,30?,31?,35-;24?,25?,28?,33-/m00/s1. The molecule has 450 valence electrons. The van der Waals surface area contributed by atoms with E-state index in [1.807, 2.05) is 23.1 Å². The molecule has 2 aliphatic heterocycles. The normalized spacial score (nSPS) is 22.4. The van der Waals surface area contributed by atoms with Crippen LogP contribution in [-0.2, 0) is 41.6 Å². The molecule has 6 unspecified atom stereocenters. The van der Waals surface area contributed by atoms with Gasteiger partial charge in [-0.1, -0.05) is 145 Å². The summed E-state index contributed by atoms with van der Waals surface area (Å²) in [5, 5.41) is 0. The van der Waals surface area contributed by atoms with Gasteiger partial charge in [-0.25, -0.2) is 8.78 Å². The topological polar surface area (TPSA) is 141 Å². The number of imide groups is 2. The van der Waals surface area contributed by atoms with E-state index in [0.29, 0.717) is 68.0 Å². The summed E-state index contributed by atoms with van der Waals surface area (Å²) in [6, 6.07) is 35.5. The molecule has 3 fully saturated rings. The number of amides is 6. The Morgan fingerprint density at radius 1 is 0.619 bits per heavy atom. The van der Waals surface area contributed by atoms with Gasteiger partial charge in [0.15, 0.2) is 0 Å². The first kappa shape index (κ1) is 63.8. The SMILES string of the molecule is CC(C)(C)[C@H](C1CC(c2cc(F)ccc2F)CC1Cc1ccccc1)N(CCCN)C(=O)CCCN1C(=O)C=CC1=O.CC(C)(C)[C@H](C1CC(c2ccccc2)CC1Cc1ccccc1)N(CC1CCCC1)C(=O)CSCN1C(=O)C=CC1=O. The van der Waals surface area contributed by atoms with Crippen LogP contribution in [0.3, 0.4) is 0 Å². The minimum absolute atomic E-state index is 0.0329. The first-order chi connectivity index (χ1) is 40.2. The van der Waals surface area contributed by atoms with Crippen LogP contribution in [0.2, 0.25) is 0 Å². The molecule has 0 radical (unpaired) electrons. The van der Waals surface area contributed by atoms with Gasteiger partial charge in [-0.2, -0.15) is 0 Å². The van der Waals surface area contributed by atoms with Crippen LogP contribution in [0, 0.1) is 52.1 Å². The Bertz CT molecular complexity index is 2900. The van der Waals surface area contributed by atoms with Crippen LogP contribution in [0.25, 0.3) is 0 Å². The van der Waals surface area contributed by atoms with E-state index in [1.54, 1.807) is 0 Å². The number of nitrogens with two attached hydrogens (primary N) is 1. The number of benzene rings is 4. The van der Waals surface area contributed by atoms with Gasteiger partial charge in [-0.15, -0.1) is 11.8 Å². The Balaban J connectivity index is 0.000000219. The summed E-state index contributed by atoms with van der Waals surface area (Å²) in [5.74, 6) is 0.287. The van der Waals surface area contributed by atoms with Gasteiger partial charge in [0.05, 0.1) is 11.6 Å². The lowest BCUT2D eigenvalue weighted by atomic mass is 9.72. The zero-order valence-electron chi connectivity index (χ0n) is 50.3. The van der Waals surface area contributed by atoms with Gasteiger partial charge in [0.2, 0.25) is 11.8 Å². The summed E-state index contributed by atoms with van der Waals surface area (Å²) in [7, 11) is 0. The van der Waals surface area contributed by atoms with Crippen molar-refractivity contribution >= 4 is 47.2 Å². The van der Waals surface area contributed by atoms with Gasteiger partial charge in [-0.05, 0) is 163 Å². The van der Waals surface area contributed by atoms with Gasteiger partial charge in [0.1, 0.15) is 11.6 Å². The predicted octanol–water partition coefficient (Wildman–Crippen LogP) is 12.7. The van der Waals surface area contributed by atoms with Crippen LogP contribution < -0.4 is 5.73 Å². The maximum atomic E-state index is 15.0. The first-order valence-electron chi connectivity index (χ1n) is 30.7.